The quantitative estimate of drug-likeness (QED) is 0.398. The third-order valence-corrected chi connectivity index (χ3v) is 6.55. The van der Waals surface area contributed by atoms with Crippen LogP contribution in [0.15, 0.2) is 57.7 Å². The SMILES string of the molecule is Cc1ccc(-c2nc(CN3CCC(C(=O)NCCc4noc(-c5cccnc5)n4)CC3)c(C)o2)cc1. The Morgan fingerprint density at radius 2 is 1.86 bits per heavy atom. The molecule has 1 saturated heterocycles. The summed E-state index contributed by atoms with van der Waals surface area (Å²) in [6.45, 7) is 6.93. The van der Waals surface area contributed by atoms with Crippen LogP contribution >= 0.6 is 0 Å². The maximum Gasteiger partial charge on any atom is 0.259 e. The predicted molar refractivity (Wildman–Crippen MR) is 134 cm³/mol. The molecule has 1 amide bonds. The molecule has 186 valence electrons. The van der Waals surface area contributed by atoms with Gasteiger partial charge in [-0.3, -0.25) is 14.7 Å². The first-order valence-corrected chi connectivity index (χ1v) is 12.3. The normalized spacial score (nSPS) is 14.7. The lowest BCUT2D eigenvalue weighted by Crippen LogP contribution is -2.40. The molecule has 3 aromatic heterocycles. The summed E-state index contributed by atoms with van der Waals surface area (Å²) in [6.07, 6.45) is 5.53. The molecule has 9 nitrogen and oxygen atoms in total. The van der Waals surface area contributed by atoms with E-state index in [2.05, 4.69) is 44.4 Å². The zero-order chi connectivity index (χ0) is 24.9. The number of aromatic nitrogens is 4. The third-order valence-electron chi connectivity index (χ3n) is 6.55. The molecule has 5 rings (SSSR count). The lowest BCUT2D eigenvalue weighted by atomic mass is 9.95. The van der Waals surface area contributed by atoms with E-state index in [9.17, 15) is 4.79 Å². The van der Waals surface area contributed by atoms with Gasteiger partial charge in [-0.1, -0.05) is 22.9 Å². The van der Waals surface area contributed by atoms with Gasteiger partial charge in [0.25, 0.3) is 5.89 Å². The molecule has 4 aromatic rings. The van der Waals surface area contributed by atoms with Crippen LogP contribution in [0.2, 0.25) is 0 Å². The second-order valence-electron chi connectivity index (χ2n) is 9.24. The van der Waals surface area contributed by atoms with E-state index in [-0.39, 0.29) is 11.8 Å². The molecule has 1 fully saturated rings. The minimum Gasteiger partial charge on any atom is -0.441 e. The summed E-state index contributed by atoms with van der Waals surface area (Å²) in [4.78, 5) is 28.2. The first-order chi connectivity index (χ1) is 17.5. The number of aryl methyl sites for hydroxylation is 2. The number of amides is 1. The summed E-state index contributed by atoms with van der Waals surface area (Å²) in [5, 5.41) is 7.03. The number of nitrogens with zero attached hydrogens (tertiary/aromatic N) is 5. The summed E-state index contributed by atoms with van der Waals surface area (Å²) >= 11 is 0. The molecule has 9 heteroatoms. The van der Waals surface area contributed by atoms with E-state index in [1.54, 1.807) is 12.4 Å². The number of piperidine rings is 1. The molecular weight excluding hydrogens is 456 g/mol. The molecule has 0 bridgehead atoms. The monoisotopic (exact) mass is 486 g/mol. The van der Waals surface area contributed by atoms with Crippen LogP contribution in [0, 0.1) is 19.8 Å². The average Bonchev–Trinajstić information content (AvgIpc) is 3.52. The van der Waals surface area contributed by atoms with Crippen molar-refractivity contribution in [3.63, 3.8) is 0 Å². The number of rotatable bonds is 8. The average molecular weight is 487 g/mol. The zero-order valence-electron chi connectivity index (χ0n) is 20.6. The fourth-order valence-electron chi connectivity index (χ4n) is 4.36. The molecule has 36 heavy (non-hydrogen) atoms. The molecular formula is C27H30N6O3. The van der Waals surface area contributed by atoms with Crippen LogP contribution < -0.4 is 5.32 Å². The highest BCUT2D eigenvalue weighted by molar-refractivity contribution is 5.78. The molecule has 1 aliphatic rings. The van der Waals surface area contributed by atoms with Crippen LogP contribution in [0.5, 0.6) is 0 Å². The molecule has 4 heterocycles. The molecule has 0 saturated carbocycles. The van der Waals surface area contributed by atoms with Gasteiger partial charge in [0.05, 0.1) is 11.3 Å². The highest BCUT2D eigenvalue weighted by Gasteiger charge is 2.26. The van der Waals surface area contributed by atoms with E-state index in [0.717, 1.165) is 55.1 Å². The van der Waals surface area contributed by atoms with Crippen molar-refractivity contribution in [2.75, 3.05) is 19.6 Å². The van der Waals surface area contributed by atoms with Crippen LogP contribution in [-0.2, 0) is 17.8 Å². The minimum atomic E-state index is 0.0130. The zero-order valence-corrected chi connectivity index (χ0v) is 20.6. The number of nitrogens with one attached hydrogen (secondary N) is 1. The van der Waals surface area contributed by atoms with E-state index < -0.39 is 0 Å². The van der Waals surface area contributed by atoms with Gasteiger partial charge in [0.2, 0.25) is 11.8 Å². The molecule has 0 spiro atoms. The molecule has 0 aliphatic carbocycles. The molecule has 1 aromatic carbocycles. The summed E-state index contributed by atoms with van der Waals surface area (Å²) in [7, 11) is 0. The standard InChI is InChI=1S/C27H30N6O3/c1-18-5-7-21(8-6-18)26-30-23(19(2)35-26)17-33-14-10-20(11-15-33)25(34)29-13-9-24-31-27(36-32-24)22-4-3-12-28-16-22/h3-8,12,16,20H,9-11,13-15,17H2,1-2H3,(H,29,34). The Hall–Kier alpha value is -3.85. The van der Waals surface area contributed by atoms with Crippen molar-refractivity contribution in [3.05, 3.63) is 71.6 Å². The number of hydrogen-bond donors (Lipinski definition) is 1. The third kappa shape index (κ3) is 5.68. The number of benzene rings is 1. The Morgan fingerprint density at radius 1 is 1.06 bits per heavy atom. The summed E-state index contributed by atoms with van der Waals surface area (Å²) in [6, 6.07) is 11.9. The van der Waals surface area contributed by atoms with E-state index in [4.69, 9.17) is 13.9 Å². The number of hydrogen-bond acceptors (Lipinski definition) is 8. The Kier molecular flexibility index (Phi) is 7.18. The highest BCUT2D eigenvalue weighted by atomic mass is 16.5. The lowest BCUT2D eigenvalue weighted by molar-refractivity contribution is -0.126. The number of carbonyl (C=O) groups excluding carboxylic acids is 1. The van der Waals surface area contributed by atoms with Crippen LogP contribution in [-0.4, -0.2) is 50.5 Å². The maximum absolute atomic E-state index is 12.7. The van der Waals surface area contributed by atoms with Crippen molar-refractivity contribution in [1.29, 1.82) is 0 Å². The van der Waals surface area contributed by atoms with Gasteiger partial charge in [0, 0.05) is 43.4 Å². The number of carbonyl (C=O) groups is 1. The lowest BCUT2D eigenvalue weighted by Gasteiger charge is -2.30. The summed E-state index contributed by atoms with van der Waals surface area (Å²) < 4.78 is 11.2. The fraction of sp³-hybridized carbons (Fsp3) is 0.370. The molecule has 0 unspecified atom stereocenters. The Bertz CT molecular complexity index is 1290. The van der Waals surface area contributed by atoms with Crippen molar-refractivity contribution in [3.8, 4) is 22.9 Å². The largest absolute Gasteiger partial charge is 0.441 e. The second-order valence-corrected chi connectivity index (χ2v) is 9.24. The van der Waals surface area contributed by atoms with Crippen molar-refractivity contribution < 1.29 is 13.7 Å². The van der Waals surface area contributed by atoms with Gasteiger partial charge in [0.15, 0.2) is 5.82 Å². The van der Waals surface area contributed by atoms with Gasteiger partial charge in [-0.15, -0.1) is 0 Å². The number of oxazole rings is 1. The fourth-order valence-corrected chi connectivity index (χ4v) is 4.36. The van der Waals surface area contributed by atoms with Crippen LogP contribution in [0.1, 0.15) is 35.7 Å². The Labute approximate surface area is 210 Å². The number of likely N-dealkylation sites (tertiary alicyclic amines) is 1. The predicted octanol–water partition coefficient (Wildman–Crippen LogP) is 3.97. The molecule has 1 N–H and O–H groups in total. The maximum atomic E-state index is 12.7. The van der Waals surface area contributed by atoms with E-state index in [0.29, 0.717) is 30.6 Å². The van der Waals surface area contributed by atoms with Gasteiger partial charge < -0.3 is 14.3 Å². The van der Waals surface area contributed by atoms with Crippen LogP contribution in [0.3, 0.4) is 0 Å². The van der Waals surface area contributed by atoms with E-state index >= 15 is 0 Å². The van der Waals surface area contributed by atoms with E-state index in [1.165, 1.54) is 5.56 Å². The van der Waals surface area contributed by atoms with Gasteiger partial charge in [-0.2, -0.15) is 4.98 Å². The molecule has 0 atom stereocenters. The highest BCUT2D eigenvalue weighted by Crippen LogP contribution is 2.25. The summed E-state index contributed by atoms with van der Waals surface area (Å²) in [5.41, 5.74) is 3.93. The first kappa shape index (κ1) is 23.9. The first-order valence-electron chi connectivity index (χ1n) is 12.3. The van der Waals surface area contributed by atoms with Crippen molar-refractivity contribution >= 4 is 5.91 Å². The minimum absolute atomic E-state index is 0.0130. The smallest absolute Gasteiger partial charge is 0.259 e. The van der Waals surface area contributed by atoms with Crippen molar-refractivity contribution in [2.24, 2.45) is 5.92 Å². The Balaban J connectivity index is 1.06. The van der Waals surface area contributed by atoms with Crippen LogP contribution in [0.4, 0.5) is 0 Å². The van der Waals surface area contributed by atoms with Crippen molar-refractivity contribution in [2.45, 2.75) is 39.7 Å². The van der Waals surface area contributed by atoms with Crippen LogP contribution in [0.25, 0.3) is 22.9 Å². The van der Waals surface area contributed by atoms with Gasteiger partial charge in [-0.25, -0.2) is 4.98 Å². The van der Waals surface area contributed by atoms with Gasteiger partial charge in [-0.05, 0) is 64.0 Å². The summed E-state index contributed by atoms with van der Waals surface area (Å²) in [5.74, 6) is 2.61. The van der Waals surface area contributed by atoms with Gasteiger partial charge >= 0.3 is 0 Å². The van der Waals surface area contributed by atoms with E-state index in [1.807, 2.05) is 31.2 Å². The van der Waals surface area contributed by atoms with Gasteiger partial charge in [0.1, 0.15) is 5.76 Å². The topological polar surface area (TPSA) is 110 Å². The number of pyridine rings is 1. The molecule has 1 aliphatic heterocycles. The Morgan fingerprint density at radius 3 is 2.61 bits per heavy atom. The molecule has 0 radical (unpaired) electrons. The second kappa shape index (κ2) is 10.8. The van der Waals surface area contributed by atoms with Crippen molar-refractivity contribution in [1.82, 2.24) is 30.3 Å².